The number of nitrogen functional groups attached to an aromatic ring is 1. The highest BCUT2D eigenvalue weighted by molar-refractivity contribution is 7.20. The first-order chi connectivity index (χ1) is 11.1. The summed E-state index contributed by atoms with van der Waals surface area (Å²) in [7, 11) is 1.81. The molecule has 3 aromatic rings. The molecule has 0 atom stereocenters. The minimum Gasteiger partial charge on any atom is -0.375 e. The molecule has 3 heterocycles. The first kappa shape index (κ1) is 16.1. The van der Waals surface area contributed by atoms with Crippen molar-refractivity contribution in [3.05, 3.63) is 39.7 Å². The number of amides is 1. The molecule has 0 spiro atoms. The maximum Gasteiger partial charge on any atom is 0.223 e. The Balaban J connectivity index is 1.54. The van der Waals surface area contributed by atoms with Gasteiger partial charge < -0.3 is 10.6 Å². The Morgan fingerprint density at radius 3 is 2.74 bits per heavy atom. The van der Waals surface area contributed by atoms with Crippen molar-refractivity contribution >= 4 is 45.0 Å². The van der Waals surface area contributed by atoms with Gasteiger partial charge in [0.15, 0.2) is 5.13 Å². The summed E-state index contributed by atoms with van der Waals surface area (Å²) in [5.74, 6) is 0.0854. The van der Waals surface area contributed by atoms with Crippen molar-refractivity contribution in [2.75, 3.05) is 12.8 Å². The maximum atomic E-state index is 12.2. The lowest BCUT2D eigenvalue weighted by atomic mass is 10.2. The van der Waals surface area contributed by atoms with Crippen LogP contribution in [0.2, 0.25) is 0 Å². The van der Waals surface area contributed by atoms with Crippen LogP contribution < -0.4 is 5.73 Å². The van der Waals surface area contributed by atoms with Crippen molar-refractivity contribution in [2.24, 2.45) is 0 Å². The average Bonchev–Trinajstić information content (AvgIpc) is 3.25. The third-order valence-corrected chi connectivity index (χ3v) is 5.93. The van der Waals surface area contributed by atoms with E-state index in [2.05, 4.69) is 16.0 Å². The summed E-state index contributed by atoms with van der Waals surface area (Å²) >= 11 is 4.69. The third-order valence-electron chi connectivity index (χ3n) is 3.27. The quantitative estimate of drug-likeness (QED) is 0.726. The number of carbonyl (C=O) groups is 1. The van der Waals surface area contributed by atoms with E-state index < -0.39 is 0 Å². The average molecular weight is 365 g/mol. The summed E-state index contributed by atoms with van der Waals surface area (Å²) in [4.78, 5) is 23.9. The number of hydrogen-bond donors (Lipinski definition) is 1. The Labute approximate surface area is 146 Å². The molecule has 2 N–H and O–H groups in total. The van der Waals surface area contributed by atoms with E-state index in [1.165, 1.54) is 11.3 Å². The van der Waals surface area contributed by atoms with Gasteiger partial charge in [0.2, 0.25) is 5.91 Å². The molecule has 1 amide bonds. The molecule has 3 aromatic heterocycles. The topological polar surface area (TPSA) is 72.1 Å². The summed E-state index contributed by atoms with van der Waals surface area (Å²) < 4.78 is 0. The molecule has 120 valence electrons. The van der Waals surface area contributed by atoms with Gasteiger partial charge in [-0.15, -0.1) is 34.0 Å². The first-order valence-corrected chi connectivity index (χ1v) is 9.68. The molecule has 5 nitrogen and oxygen atoms in total. The fraction of sp³-hybridized carbons (Fsp3) is 0.267. The van der Waals surface area contributed by atoms with Crippen LogP contribution in [0.3, 0.4) is 0 Å². The summed E-state index contributed by atoms with van der Waals surface area (Å²) in [5, 5.41) is 7.51. The Morgan fingerprint density at radius 2 is 2.04 bits per heavy atom. The standard InChI is InChI=1S/C15H16N4OS3/c1-19(13(20)5-4-10-8-23-15(16)18-10)7-11-9-22-14(17-11)12-3-2-6-21-12/h2-3,6,8-9H,4-5,7H2,1H3,(H2,16,18). The fourth-order valence-corrected chi connectivity index (χ4v) is 4.31. The third kappa shape index (κ3) is 4.15. The molecule has 8 heteroatoms. The molecule has 0 radical (unpaired) electrons. The van der Waals surface area contributed by atoms with E-state index in [-0.39, 0.29) is 5.91 Å². The monoisotopic (exact) mass is 364 g/mol. The number of thiazole rings is 2. The molecule has 0 bridgehead atoms. The smallest absolute Gasteiger partial charge is 0.223 e. The number of thiophene rings is 1. The molecule has 23 heavy (non-hydrogen) atoms. The number of aryl methyl sites for hydroxylation is 1. The largest absolute Gasteiger partial charge is 0.375 e. The molecule has 0 saturated heterocycles. The summed E-state index contributed by atoms with van der Waals surface area (Å²) in [5.41, 5.74) is 7.40. The van der Waals surface area contributed by atoms with E-state index in [0.717, 1.165) is 21.3 Å². The van der Waals surface area contributed by atoms with Gasteiger partial charge >= 0.3 is 0 Å². The van der Waals surface area contributed by atoms with Gasteiger partial charge in [0.05, 0.1) is 22.8 Å². The van der Waals surface area contributed by atoms with Crippen molar-refractivity contribution in [1.29, 1.82) is 0 Å². The van der Waals surface area contributed by atoms with Crippen LogP contribution >= 0.6 is 34.0 Å². The van der Waals surface area contributed by atoms with E-state index in [1.54, 1.807) is 27.6 Å². The Hall–Kier alpha value is -1.77. The second-order valence-corrected chi connectivity index (χ2v) is 7.74. The lowest BCUT2D eigenvalue weighted by Gasteiger charge is -2.15. The van der Waals surface area contributed by atoms with Crippen LogP contribution in [0.1, 0.15) is 17.8 Å². The van der Waals surface area contributed by atoms with E-state index in [0.29, 0.717) is 24.5 Å². The minimum atomic E-state index is 0.0854. The molecule has 0 saturated carbocycles. The highest BCUT2D eigenvalue weighted by atomic mass is 32.1. The van der Waals surface area contributed by atoms with Crippen LogP contribution in [0.25, 0.3) is 9.88 Å². The maximum absolute atomic E-state index is 12.2. The van der Waals surface area contributed by atoms with E-state index in [1.807, 2.05) is 29.3 Å². The number of rotatable bonds is 6. The van der Waals surface area contributed by atoms with Gasteiger partial charge in [0, 0.05) is 24.2 Å². The molecule has 0 unspecified atom stereocenters. The fourth-order valence-electron chi connectivity index (χ4n) is 2.09. The molecule has 0 aliphatic carbocycles. The molecule has 0 aliphatic heterocycles. The van der Waals surface area contributed by atoms with Crippen molar-refractivity contribution in [3.63, 3.8) is 0 Å². The predicted octanol–water partition coefficient (Wildman–Crippen LogP) is 3.50. The normalized spacial score (nSPS) is 10.8. The molecular weight excluding hydrogens is 348 g/mol. The second kappa shape index (κ2) is 7.20. The van der Waals surface area contributed by atoms with Crippen molar-refractivity contribution in [2.45, 2.75) is 19.4 Å². The lowest BCUT2D eigenvalue weighted by Crippen LogP contribution is -2.26. The van der Waals surface area contributed by atoms with Crippen LogP contribution in [0, 0.1) is 0 Å². The molecule has 0 aromatic carbocycles. The van der Waals surface area contributed by atoms with Crippen molar-refractivity contribution in [3.8, 4) is 9.88 Å². The van der Waals surface area contributed by atoms with Gasteiger partial charge in [-0.25, -0.2) is 9.97 Å². The second-order valence-electron chi connectivity index (χ2n) is 5.05. The van der Waals surface area contributed by atoms with Crippen LogP contribution in [-0.2, 0) is 17.8 Å². The van der Waals surface area contributed by atoms with Crippen molar-refractivity contribution < 1.29 is 4.79 Å². The highest BCUT2D eigenvalue weighted by Crippen LogP contribution is 2.28. The first-order valence-electron chi connectivity index (χ1n) is 7.04. The number of nitrogens with zero attached hydrogens (tertiary/aromatic N) is 3. The van der Waals surface area contributed by atoms with E-state index in [9.17, 15) is 4.79 Å². The Kier molecular flexibility index (Phi) is 5.04. The number of aromatic nitrogens is 2. The minimum absolute atomic E-state index is 0.0854. The van der Waals surface area contributed by atoms with Gasteiger partial charge in [-0.2, -0.15) is 0 Å². The summed E-state index contributed by atoms with van der Waals surface area (Å²) in [6.07, 6.45) is 1.05. The van der Waals surface area contributed by atoms with Gasteiger partial charge in [-0.1, -0.05) is 6.07 Å². The molecule has 0 fully saturated rings. The number of carbonyl (C=O) groups excluding carboxylic acids is 1. The lowest BCUT2D eigenvalue weighted by molar-refractivity contribution is -0.130. The number of nitrogens with two attached hydrogens (primary N) is 1. The van der Waals surface area contributed by atoms with Gasteiger partial charge in [-0.05, 0) is 17.9 Å². The zero-order chi connectivity index (χ0) is 16.2. The number of anilines is 1. The zero-order valence-corrected chi connectivity index (χ0v) is 15.0. The van der Waals surface area contributed by atoms with Crippen LogP contribution in [0.4, 0.5) is 5.13 Å². The predicted molar refractivity (Wildman–Crippen MR) is 96.7 cm³/mol. The van der Waals surface area contributed by atoms with Crippen LogP contribution in [0.5, 0.6) is 0 Å². The molecule has 3 rings (SSSR count). The molecular formula is C15H16N4OS3. The summed E-state index contributed by atoms with van der Waals surface area (Å²) in [6.45, 7) is 0.528. The Morgan fingerprint density at radius 1 is 1.22 bits per heavy atom. The van der Waals surface area contributed by atoms with Crippen LogP contribution in [0.15, 0.2) is 28.3 Å². The Bertz CT molecular complexity index is 778. The summed E-state index contributed by atoms with van der Waals surface area (Å²) in [6, 6.07) is 4.07. The van der Waals surface area contributed by atoms with Crippen LogP contribution in [-0.4, -0.2) is 27.8 Å². The number of hydrogen-bond acceptors (Lipinski definition) is 7. The molecule has 0 aliphatic rings. The van der Waals surface area contributed by atoms with Gasteiger partial charge in [0.1, 0.15) is 5.01 Å². The zero-order valence-electron chi connectivity index (χ0n) is 12.6. The SMILES string of the molecule is CN(Cc1csc(-c2cccs2)n1)C(=O)CCc1csc(N)n1. The highest BCUT2D eigenvalue weighted by Gasteiger charge is 2.13. The van der Waals surface area contributed by atoms with Gasteiger partial charge in [0.25, 0.3) is 0 Å². The van der Waals surface area contributed by atoms with Gasteiger partial charge in [-0.3, -0.25) is 4.79 Å². The van der Waals surface area contributed by atoms with E-state index in [4.69, 9.17) is 5.73 Å². The van der Waals surface area contributed by atoms with Crippen molar-refractivity contribution in [1.82, 2.24) is 14.9 Å². The van der Waals surface area contributed by atoms with E-state index >= 15 is 0 Å².